The number of piperazine rings is 1. The van der Waals surface area contributed by atoms with Crippen LogP contribution in [-0.2, 0) is 9.53 Å². The molecule has 1 unspecified atom stereocenters. The minimum Gasteiger partial charge on any atom is -0.465 e. The van der Waals surface area contributed by atoms with Crippen molar-refractivity contribution >= 4 is 23.3 Å². The molecule has 2 aromatic carbocycles. The van der Waals surface area contributed by atoms with Crippen LogP contribution in [0.2, 0.25) is 0 Å². The van der Waals surface area contributed by atoms with Crippen molar-refractivity contribution in [1.29, 1.82) is 0 Å². The van der Waals surface area contributed by atoms with Crippen LogP contribution >= 0.6 is 0 Å². The van der Waals surface area contributed by atoms with Crippen LogP contribution in [0, 0.1) is 13.8 Å². The Morgan fingerprint density at radius 2 is 1.79 bits per heavy atom. The lowest BCUT2D eigenvalue weighted by Crippen LogP contribution is -2.53. The highest BCUT2D eigenvalue weighted by atomic mass is 16.5. The van der Waals surface area contributed by atoms with Gasteiger partial charge in [-0.15, -0.1) is 0 Å². The number of amides is 1. The quantitative estimate of drug-likeness (QED) is 0.788. The summed E-state index contributed by atoms with van der Waals surface area (Å²) < 4.78 is 4.75. The van der Waals surface area contributed by atoms with E-state index in [2.05, 4.69) is 29.0 Å². The highest BCUT2D eigenvalue weighted by Crippen LogP contribution is 2.20. The number of carbonyl (C=O) groups excluding carboxylic acids is 2. The summed E-state index contributed by atoms with van der Waals surface area (Å²) in [6.45, 7) is 9.09. The number of ether oxygens (including phenoxy) is 1. The Morgan fingerprint density at radius 3 is 2.41 bits per heavy atom. The topological polar surface area (TPSA) is 61.9 Å². The highest BCUT2D eigenvalue weighted by molar-refractivity contribution is 5.92. The van der Waals surface area contributed by atoms with Gasteiger partial charge in [-0.3, -0.25) is 9.69 Å². The summed E-state index contributed by atoms with van der Waals surface area (Å²) in [5.74, 6) is -0.319. The fraction of sp³-hybridized carbons (Fsp3) is 0.391. The predicted octanol–water partition coefficient (Wildman–Crippen LogP) is 3.24. The van der Waals surface area contributed by atoms with Gasteiger partial charge in [0.2, 0.25) is 5.91 Å². The van der Waals surface area contributed by atoms with Gasteiger partial charge in [0.1, 0.15) is 0 Å². The second-order valence-electron chi connectivity index (χ2n) is 7.65. The maximum Gasteiger partial charge on any atom is 0.337 e. The van der Waals surface area contributed by atoms with Gasteiger partial charge in [-0.2, -0.15) is 0 Å². The highest BCUT2D eigenvalue weighted by Gasteiger charge is 2.25. The van der Waals surface area contributed by atoms with E-state index in [1.165, 1.54) is 18.2 Å². The van der Waals surface area contributed by atoms with Crippen LogP contribution in [0.25, 0.3) is 0 Å². The van der Waals surface area contributed by atoms with Crippen LogP contribution in [0.3, 0.4) is 0 Å². The first-order valence-corrected chi connectivity index (χ1v) is 9.92. The zero-order valence-corrected chi connectivity index (χ0v) is 17.6. The number of aryl methyl sites for hydroxylation is 2. The molecule has 0 aliphatic carbocycles. The van der Waals surface area contributed by atoms with Gasteiger partial charge in [-0.05, 0) is 68.3 Å². The SMILES string of the molecule is COC(=O)c1ccc(N2CCN(CC(=O)Nc3ccc(C)c(C)c3)C(C)C2)cc1. The van der Waals surface area contributed by atoms with Gasteiger partial charge in [0.05, 0.1) is 19.2 Å². The minimum atomic E-state index is -0.329. The lowest BCUT2D eigenvalue weighted by Gasteiger charge is -2.40. The third-order valence-electron chi connectivity index (χ3n) is 5.56. The van der Waals surface area contributed by atoms with Crippen LogP contribution in [0.4, 0.5) is 11.4 Å². The number of nitrogens with zero attached hydrogens (tertiary/aromatic N) is 2. The summed E-state index contributed by atoms with van der Waals surface area (Å²) >= 11 is 0. The molecule has 0 saturated carbocycles. The number of anilines is 2. The Hall–Kier alpha value is -2.86. The van der Waals surface area contributed by atoms with Crippen LogP contribution in [0.5, 0.6) is 0 Å². The summed E-state index contributed by atoms with van der Waals surface area (Å²) in [4.78, 5) is 28.6. The van der Waals surface area contributed by atoms with E-state index in [4.69, 9.17) is 4.74 Å². The van der Waals surface area contributed by atoms with Crippen LogP contribution in [0.1, 0.15) is 28.4 Å². The van der Waals surface area contributed by atoms with E-state index in [1.807, 2.05) is 37.3 Å². The van der Waals surface area contributed by atoms with Gasteiger partial charge in [0.25, 0.3) is 0 Å². The molecule has 1 N–H and O–H groups in total. The van der Waals surface area contributed by atoms with Gasteiger partial charge >= 0.3 is 5.97 Å². The first kappa shape index (κ1) is 20.9. The molecule has 0 radical (unpaired) electrons. The molecular weight excluding hydrogens is 366 g/mol. The molecule has 0 bridgehead atoms. The van der Waals surface area contributed by atoms with Gasteiger partial charge in [-0.1, -0.05) is 6.07 Å². The molecule has 0 aromatic heterocycles. The summed E-state index contributed by atoms with van der Waals surface area (Å²) in [6.07, 6.45) is 0. The molecular formula is C23H29N3O3. The smallest absolute Gasteiger partial charge is 0.337 e. The Bertz CT molecular complexity index is 879. The molecule has 154 valence electrons. The molecule has 6 nitrogen and oxygen atoms in total. The van der Waals surface area contributed by atoms with E-state index >= 15 is 0 Å². The average molecular weight is 396 g/mol. The first-order valence-electron chi connectivity index (χ1n) is 9.92. The van der Waals surface area contributed by atoms with Crippen LogP contribution in [0.15, 0.2) is 42.5 Å². The standard InChI is InChI=1S/C23H29N3O3/c1-16-5-8-20(13-17(16)2)24-22(27)15-25-11-12-26(14-18(25)3)21-9-6-19(7-10-21)23(28)29-4/h5-10,13,18H,11-12,14-15H2,1-4H3,(H,24,27). The van der Waals surface area contributed by atoms with E-state index in [0.717, 1.165) is 31.0 Å². The summed E-state index contributed by atoms with van der Waals surface area (Å²) in [6, 6.07) is 13.7. The van der Waals surface area contributed by atoms with Crippen molar-refractivity contribution in [3.63, 3.8) is 0 Å². The predicted molar refractivity (Wildman–Crippen MR) is 116 cm³/mol. The van der Waals surface area contributed by atoms with E-state index in [1.54, 1.807) is 12.1 Å². The number of esters is 1. The van der Waals surface area contributed by atoms with Crippen LogP contribution in [-0.4, -0.2) is 56.1 Å². The van der Waals surface area contributed by atoms with E-state index in [9.17, 15) is 9.59 Å². The Kier molecular flexibility index (Phi) is 6.54. The number of hydrogen-bond donors (Lipinski definition) is 1. The minimum absolute atomic E-state index is 0.0102. The molecule has 3 rings (SSSR count). The summed E-state index contributed by atoms with van der Waals surface area (Å²) in [7, 11) is 1.38. The number of methoxy groups -OCH3 is 1. The van der Waals surface area contributed by atoms with Gasteiger partial charge < -0.3 is 15.0 Å². The third-order valence-corrected chi connectivity index (χ3v) is 5.56. The van der Waals surface area contributed by atoms with Crippen molar-refractivity contribution in [2.24, 2.45) is 0 Å². The van der Waals surface area contributed by atoms with E-state index in [0.29, 0.717) is 12.1 Å². The van der Waals surface area contributed by atoms with Gasteiger partial charge in [-0.25, -0.2) is 4.79 Å². The Morgan fingerprint density at radius 1 is 1.07 bits per heavy atom. The van der Waals surface area contributed by atoms with Gasteiger partial charge in [0, 0.05) is 37.1 Å². The van der Waals surface area contributed by atoms with Gasteiger partial charge in [0.15, 0.2) is 0 Å². The molecule has 6 heteroatoms. The zero-order chi connectivity index (χ0) is 21.0. The molecule has 1 aliphatic rings. The molecule has 29 heavy (non-hydrogen) atoms. The molecule has 2 aromatic rings. The van der Waals surface area contributed by atoms with Crippen molar-refractivity contribution in [3.05, 3.63) is 59.2 Å². The Labute approximate surface area is 172 Å². The molecule has 1 fully saturated rings. The largest absolute Gasteiger partial charge is 0.465 e. The number of rotatable bonds is 5. The normalized spacial score (nSPS) is 17.1. The number of hydrogen-bond acceptors (Lipinski definition) is 5. The summed E-state index contributed by atoms with van der Waals surface area (Å²) in [5.41, 5.74) is 4.85. The molecule has 1 saturated heterocycles. The number of carbonyl (C=O) groups is 2. The average Bonchev–Trinajstić information content (AvgIpc) is 2.72. The van der Waals surface area contributed by atoms with Crippen LogP contribution < -0.4 is 10.2 Å². The number of benzene rings is 2. The van der Waals surface area contributed by atoms with E-state index in [-0.39, 0.29) is 17.9 Å². The fourth-order valence-corrected chi connectivity index (χ4v) is 3.59. The monoisotopic (exact) mass is 395 g/mol. The lowest BCUT2D eigenvalue weighted by atomic mass is 10.1. The second-order valence-corrected chi connectivity index (χ2v) is 7.65. The maximum absolute atomic E-state index is 12.5. The van der Waals surface area contributed by atoms with Crippen molar-refractivity contribution in [2.75, 3.05) is 43.5 Å². The third kappa shape index (κ3) is 5.15. The maximum atomic E-state index is 12.5. The van der Waals surface area contributed by atoms with Crippen molar-refractivity contribution < 1.29 is 14.3 Å². The second kappa shape index (κ2) is 9.09. The summed E-state index contributed by atoms with van der Waals surface area (Å²) in [5, 5.41) is 3.01. The van der Waals surface area contributed by atoms with E-state index < -0.39 is 0 Å². The molecule has 1 amide bonds. The zero-order valence-electron chi connectivity index (χ0n) is 17.6. The number of nitrogens with one attached hydrogen (secondary N) is 1. The molecule has 1 atom stereocenters. The fourth-order valence-electron chi connectivity index (χ4n) is 3.59. The van der Waals surface area contributed by atoms with Crippen molar-refractivity contribution in [2.45, 2.75) is 26.8 Å². The van der Waals surface area contributed by atoms with Crippen molar-refractivity contribution in [1.82, 2.24) is 4.90 Å². The lowest BCUT2D eigenvalue weighted by molar-refractivity contribution is -0.117. The first-order chi connectivity index (χ1) is 13.9. The van der Waals surface area contributed by atoms with Crippen molar-refractivity contribution in [3.8, 4) is 0 Å². The molecule has 1 aliphatic heterocycles. The molecule has 0 spiro atoms. The molecule has 1 heterocycles. The Balaban J connectivity index is 1.55.